The Balaban J connectivity index is 0.979. The number of fused-ring (bicyclic) bond motifs is 15. The van der Waals surface area contributed by atoms with Crippen LogP contribution in [0.4, 0.5) is 0 Å². The van der Waals surface area contributed by atoms with Crippen LogP contribution < -0.4 is 21.3 Å². The number of pyridine rings is 1. The van der Waals surface area contributed by atoms with E-state index in [1.807, 2.05) is 7.05 Å². The van der Waals surface area contributed by atoms with Crippen molar-refractivity contribution in [2.24, 2.45) is 0 Å². The number of piperazine rings is 1. The van der Waals surface area contributed by atoms with E-state index < -0.39 is 127 Å². The lowest BCUT2D eigenvalue weighted by molar-refractivity contribution is -0.280. The summed E-state index contributed by atoms with van der Waals surface area (Å²) in [4.78, 5) is 137. The van der Waals surface area contributed by atoms with Gasteiger partial charge in [0, 0.05) is 76.0 Å². The highest BCUT2D eigenvalue weighted by molar-refractivity contribution is 7.14. The van der Waals surface area contributed by atoms with E-state index in [1.165, 1.54) is 49.2 Å². The number of cyclic esters (lactones) is 2. The highest BCUT2D eigenvalue weighted by Crippen LogP contribution is 2.43. The molecule has 36 heteroatoms. The van der Waals surface area contributed by atoms with Gasteiger partial charge in [0.05, 0.1) is 43.1 Å². The number of carbonyl (C=O) groups excluding carboxylic acids is 7. The van der Waals surface area contributed by atoms with Gasteiger partial charge in [-0.15, -0.1) is 56.7 Å². The summed E-state index contributed by atoms with van der Waals surface area (Å²) in [7, 11) is 6.84. The summed E-state index contributed by atoms with van der Waals surface area (Å²) in [6.07, 6.45) is -7.45. The number of aliphatic hydroxyl groups excluding tert-OH is 1. The molecule has 0 aliphatic carbocycles. The zero-order chi connectivity index (χ0) is 70.0. The Kier molecular flexibility index (Phi) is 19.3. The van der Waals surface area contributed by atoms with Gasteiger partial charge in [0.2, 0.25) is 5.91 Å². The second-order valence-corrected chi connectivity index (χ2v) is 29.0. The van der Waals surface area contributed by atoms with Crippen molar-refractivity contribution in [1.29, 1.82) is 0 Å². The number of nitrogens with zero attached hydrogens (tertiary/aromatic N) is 10. The minimum Gasteiger partial charge on any atom is -0.506 e. The number of hydrogen-bond donors (Lipinski definition) is 8. The third-order valence-corrected chi connectivity index (χ3v) is 22.0. The van der Waals surface area contributed by atoms with Crippen LogP contribution in [0.15, 0.2) is 56.9 Å². The van der Waals surface area contributed by atoms with Gasteiger partial charge < -0.3 is 84.9 Å². The van der Waals surface area contributed by atoms with Crippen molar-refractivity contribution >= 4 is 115 Å². The number of amides is 5. The standard InChI is InChI=1S/C63H66N14O17S5/c1-26(78)42-54(83)72-43(27(2)89-8)57-67-36(24-97-57)53(82)73-46-48-49(94-40-17-63(4,87)50(74(5)6)28(3)93-40)62(86)91-18-29-10-9-11-38-41(29)31(19-90-48)47(77(38)88)61(85)92-20-32(64-51(80)34-23-98-59(46)68-34)56-65-33(21-96-56)44-30(55-66-35(22-95-55)52(81)71-42)16-39(79)45(70-44)58-69-37(25-99-58)60(84)76-14-12-75(7)13-15-76/h9-11,16,21-26,28,32,40,42,46,48-50,78-79,87-88H,12-15,17-20H2,1-8H3,(H,64,80)(H,71,81)(H,72,83)(H,73,82)/b43-27+/t26-,28+,32+,40+,42+,46+,48+,49+,50-,63+/m1/s1. The number of rotatable bonds is 7. The average molecular weight is 1450 g/mol. The Bertz CT molecular complexity index is 4550. The van der Waals surface area contributed by atoms with Gasteiger partial charge in [-0.1, -0.05) is 12.1 Å². The molecule has 99 heavy (non-hydrogen) atoms. The molecule has 8 aromatic rings. The third-order valence-electron chi connectivity index (χ3n) is 17.5. The molecule has 0 radical (unpaired) electrons. The monoisotopic (exact) mass is 1450 g/mol. The number of thiazole rings is 5. The smallest absolute Gasteiger partial charge is 0.358 e. The van der Waals surface area contributed by atoms with Crippen molar-refractivity contribution in [3.8, 4) is 38.4 Å². The van der Waals surface area contributed by atoms with E-state index >= 15 is 19.2 Å². The molecule has 1 aromatic carbocycles. The van der Waals surface area contributed by atoms with E-state index in [1.54, 1.807) is 60.6 Å². The van der Waals surface area contributed by atoms with Gasteiger partial charge in [0.1, 0.15) is 120 Å². The highest BCUT2D eigenvalue weighted by atomic mass is 32.1. The van der Waals surface area contributed by atoms with Crippen molar-refractivity contribution in [3.63, 3.8) is 0 Å². The Morgan fingerprint density at radius 3 is 2.20 bits per heavy atom. The fourth-order valence-electron chi connectivity index (χ4n) is 12.6. The van der Waals surface area contributed by atoms with E-state index in [0.717, 1.165) is 56.7 Å². The van der Waals surface area contributed by atoms with Crippen LogP contribution in [0.5, 0.6) is 5.75 Å². The minimum atomic E-state index is -1.90. The lowest BCUT2D eigenvalue weighted by Crippen LogP contribution is -2.62. The molecule has 13 rings (SSSR count). The number of likely N-dealkylation sites (N-methyl/N-ethyl adjacent to an activating group) is 2. The minimum absolute atomic E-state index is 0.000837. The molecule has 12 heterocycles. The van der Waals surface area contributed by atoms with E-state index in [4.69, 9.17) is 43.4 Å². The zero-order valence-electron chi connectivity index (χ0n) is 54.2. The third kappa shape index (κ3) is 13.5. The van der Waals surface area contributed by atoms with Gasteiger partial charge in [0.25, 0.3) is 23.6 Å². The molecule has 520 valence electrons. The van der Waals surface area contributed by atoms with E-state index in [9.17, 15) is 34.9 Å². The summed E-state index contributed by atoms with van der Waals surface area (Å²) in [5.74, 6) is -6.43. The molecule has 2 saturated heterocycles. The lowest BCUT2D eigenvalue weighted by atomic mass is 9.85. The van der Waals surface area contributed by atoms with Crippen molar-refractivity contribution in [2.75, 3.05) is 61.0 Å². The summed E-state index contributed by atoms with van der Waals surface area (Å²) in [6.45, 7) is 6.65. The van der Waals surface area contributed by atoms with E-state index in [2.05, 4.69) is 41.1 Å². The molecule has 0 saturated carbocycles. The van der Waals surface area contributed by atoms with E-state index in [-0.39, 0.29) is 111 Å². The van der Waals surface area contributed by atoms with Crippen LogP contribution in [-0.2, 0) is 51.2 Å². The van der Waals surface area contributed by atoms with Gasteiger partial charge in [-0.05, 0) is 66.5 Å². The number of carbonyl (C=O) groups is 7. The Labute approximate surface area is 583 Å². The van der Waals surface area contributed by atoms with Crippen LogP contribution in [0.25, 0.3) is 49.3 Å². The van der Waals surface area contributed by atoms with Gasteiger partial charge >= 0.3 is 11.9 Å². The van der Waals surface area contributed by atoms with Crippen LogP contribution in [-0.4, -0.2) is 221 Å². The summed E-state index contributed by atoms with van der Waals surface area (Å²) in [5.41, 5.74) is -1.94. The predicted molar refractivity (Wildman–Crippen MR) is 358 cm³/mol. The van der Waals surface area contributed by atoms with Crippen molar-refractivity contribution < 1.29 is 82.5 Å². The summed E-state index contributed by atoms with van der Waals surface area (Å²) < 4.78 is 38.4. The normalized spacial score (nSPS) is 25.2. The Hall–Kier alpha value is -8.79. The van der Waals surface area contributed by atoms with Crippen LogP contribution in [0.1, 0.15) is 125 Å². The first-order chi connectivity index (χ1) is 47.3. The van der Waals surface area contributed by atoms with Crippen molar-refractivity contribution in [1.82, 2.24) is 70.6 Å². The summed E-state index contributed by atoms with van der Waals surface area (Å²) in [5, 5.41) is 66.2. The number of aromatic nitrogens is 7. The molecule has 12 bridgehead atoms. The van der Waals surface area contributed by atoms with Gasteiger partial charge in [-0.3, -0.25) is 24.0 Å². The van der Waals surface area contributed by atoms with Gasteiger partial charge in [0.15, 0.2) is 18.1 Å². The molecule has 5 aliphatic rings. The number of aliphatic hydroxyl groups is 2. The number of aromatic hydroxyl groups is 1. The Morgan fingerprint density at radius 1 is 0.808 bits per heavy atom. The summed E-state index contributed by atoms with van der Waals surface area (Å²) >= 11 is 4.79. The number of hydrogen-bond acceptors (Lipinski definition) is 30. The van der Waals surface area contributed by atoms with E-state index in [0.29, 0.717) is 36.5 Å². The lowest BCUT2D eigenvalue weighted by Gasteiger charge is -2.48. The van der Waals surface area contributed by atoms with Crippen LogP contribution >= 0.6 is 56.7 Å². The maximum absolute atomic E-state index is 15.2. The molecular formula is C63H66N14O17S5. The number of ether oxygens (including phenoxy) is 6. The molecule has 7 aromatic heterocycles. The maximum Gasteiger partial charge on any atom is 0.358 e. The molecule has 0 unspecified atom stereocenters. The number of esters is 2. The van der Waals surface area contributed by atoms with Crippen LogP contribution in [0, 0.1) is 0 Å². The second kappa shape index (κ2) is 27.7. The molecule has 0 spiro atoms. The molecule has 31 nitrogen and oxygen atoms in total. The average Bonchev–Trinajstić information content (AvgIpc) is 1.65. The predicted octanol–water partition coefficient (Wildman–Crippen LogP) is 4.55. The van der Waals surface area contributed by atoms with Crippen LogP contribution in [0.3, 0.4) is 0 Å². The number of allylic oxidation sites excluding steroid dienone is 1. The largest absolute Gasteiger partial charge is 0.506 e. The van der Waals surface area contributed by atoms with Gasteiger partial charge in [-0.2, -0.15) is 4.73 Å². The SMILES string of the molecule is CO/C(C)=C1/NC(=O)[C@H]([C@@H](C)O)NC(=O)c2csc(n2)-c2cc(O)c(-c3nc(C(=O)N4CCN(C)CC4)cs3)nc2-c2csc(n2)[C@@H]2COC(=O)c3c4c5c(cccc5n3O)COC(=O)[C@@H](O[C@H]3C[C@](C)(O)[C@H](N(C)C)[C@H](C)O3)[C@@H](OC4)[C@H](NC(=O)c3csc1n3)c1nc(cs1)C(=O)N2. The highest BCUT2D eigenvalue weighted by Gasteiger charge is 2.50. The Morgan fingerprint density at radius 2 is 1.47 bits per heavy atom. The van der Waals surface area contributed by atoms with Crippen LogP contribution in [0.2, 0.25) is 0 Å². The molecule has 5 aliphatic heterocycles. The molecule has 5 amide bonds. The topological polar surface area (TPSA) is 396 Å². The quantitative estimate of drug-likeness (QED) is 0.0616. The number of benzene rings is 1. The van der Waals surface area contributed by atoms with Crippen molar-refractivity contribution in [3.05, 3.63) is 112 Å². The first kappa shape index (κ1) is 68.7. The van der Waals surface area contributed by atoms with Crippen molar-refractivity contribution in [2.45, 2.75) is 108 Å². The van der Waals surface area contributed by atoms with Gasteiger partial charge in [-0.25, -0.2) is 39.5 Å². The second-order valence-electron chi connectivity index (χ2n) is 24.6. The number of methoxy groups -OCH3 is 1. The first-order valence-electron chi connectivity index (χ1n) is 31.0. The molecule has 8 N–H and O–H groups in total. The fourth-order valence-corrected chi connectivity index (χ4v) is 16.8. The number of nitrogens with one attached hydrogen (secondary N) is 4. The summed E-state index contributed by atoms with van der Waals surface area (Å²) in [6, 6.07) is 0.886. The first-order valence-corrected chi connectivity index (χ1v) is 35.4. The zero-order valence-corrected chi connectivity index (χ0v) is 58.2. The molecular weight excluding hydrogens is 1390 g/mol. The molecule has 10 atom stereocenters. The molecule has 2 fully saturated rings. The maximum atomic E-state index is 15.2. The fraction of sp³-hybridized carbons (Fsp3) is 0.413.